The van der Waals surface area contributed by atoms with Gasteiger partial charge in [0.15, 0.2) is 0 Å². The molecule has 0 spiro atoms. The van der Waals surface area contributed by atoms with E-state index >= 15 is 0 Å². The molecule has 0 bridgehead atoms. The minimum absolute atomic E-state index is 0.340. The summed E-state index contributed by atoms with van der Waals surface area (Å²) in [6.45, 7) is 11.9. The van der Waals surface area contributed by atoms with Gasteiger partial charge in [0, 0.05) is 12.6 Å². The molecule has 1 rings (SSSR count). The van der Waals surface area contributed by atoms with Gasteiger partial charge in [0.1, 0.15) is 5.75 Å². The second kappa shape index (κ2) is 7.93. The molecule has 1 N–H and O–H groups in total. The van der Waals surface area contributed by atoms with Crippen molar-refractivity contribution >= 4 is 0 Å². The van der Waals surface area contributed by atoms with Crippen molar-refractivity contribution in [3.63, 3.8) is 0 Å². The van der Waals surface area contributed by atoms with Gasteiger partial charge < -0.3 is 10.1 Å². The lowest BCUT2D eigenvalue weighted by molar-refractivity contribution is 0.289. The van der Waals surface area contributed by atoms with Gasteiger partial charge >= 0.3 is 0 Å². The molecule has 1 unspecified atom stereocenters. The molecule has 0 radical (unpaired) electrons. The minimum atomic E-state index is 0.340. The average molecular weight is 247 g/mol. The Morgan fingerprint density at radius 1 is 1.22 bits per heavy atom. The summed E-state index contributed by atoms with van der Waals surface area (Å²) < 4.78 is 5.68. The molecule has 1 aromatic rings. The molecule has 0 fully saturated rings. The molecule has 0 aromatic heterocycles. The fraction of sp³-hybridized carbons (Fsp3) is 0.500. The number of rotatable bonds is 8. The van der Waals surface area contributed by atoms with Crippen LogP contribution < -0.4 is 10.1 Å². The van der Waals surface area contributed by atoms with Crippen LogP contribution in [0.2, 0.25) is 0 Å². The first kappa shape index (κ1) is 14.8. The van der Waals surface area contributed by atoms with Gasteiger partial charge in [-0.3, -0.25) is 0 Å². The fourth-order valence-electron chi connectivity index (χ4n) is 1.48. The van der Waals surface area contributed by atoms with Crippen molar-refractivity contribution in [3.05, 3.63) is 42.5 Å². The Balaban J connectivity index is 2.35. The third-order valence-corrected chi connectivity index (χ3v) is 2.87. The predicted octanol–water partition coefficient (Wildman–Crippen LogP) is 3.78. The van der Waals surface area contributed by atoms with Crippen molar-refractivity contribution in [2.45, 2.75) is 39.8 Å². The highest BCUT2D eigenvalue weighted by Gasteiger charge is 1.99. The first-order chi connectivity index (χ1) is 8.61. The molecule has 0 aliphatic carbocycles. The second-order valence-electron chi connectivity index (χ2n) is 5.08. The minimum Gasteiger partial charge on any atom is -0.494 e. The van der Waals surface area contributed by atoms with Crippen LogP contribution in [0.4, 0.5) is 0 Å². The molecule has 0 aliphatic rings. The molecule has 2 nitrogen and oxygen atoms in total. The molecule has 0 aliphatic heterocycles. The van der Waals surface area contributed by atoms with Gasteiger partial charge in [-0.05, 0) is 37.0 Å². The van der Waals surface area contributed by atoms with E-state index in [1.54, 1.807) is 0 Å². The second-order valence-corrected chi connectivity index (χ2v) is 5.08. The summed E-state index contributed by atoms with van der Waals surface area (Å²) in [6.07, 6.45) is 3.00. The zero-order valence-electron chi connectivity index (χ0n) is 11.8. The highest BCUT2D eigenvalue weighted by molar-refractivity contribution is 5.27. The van der Waals surface area contributed by atoms with E-state index in [2.05, 4.69) is 44.8 Å². The molecule has 18 heavy (non-hydrogen) atoms. The van der Waals surface area contributed by atoms with Crippen LogP contribution in [-0.4, -0.2) is 12.6 Å². The highest BCUT2D eigenvalue weighted by atomic mass is 16.5. The monoisotopic (exact) mass is 247 g/mol. The zero-order valence-corrected chi connectivity index (χ0v) is 11.8. The molecule has 2 heteroatoms. The Kier molecular flexibility index (Phi) is 6.51. The van der Waals surface area contributed by atoms with Crippen molar-refractivity contribution < 1.29 is 4.74 Å². The largest absolute Gasteiger partial charge is 0.494 e. The van der Waals surface area contributed by atoms with Crippen molar-refractivity contribution in [1.29, 1.82) is 0 Å². The third kappa shape index (κ3) is 5.87. The first-order valence-corrected chi connectivity index (χ1v) is 6.69. The van der Waals surface area contributed by atoms with Crippen LogP contribution in [-0.2, 0) is 6.54 Å². The van der Waals surface area contributed by atoms with Crippen molar-refractivity contribution in [1.82, 2.24) is 5.32 Å². The summed E-state index contributed by atoms with van der Waals surface area (Å²) in [7, 11) is 0. The normalized spacial score (nSPS) is 12.4. The first-order valence-electron chi connectivity index (χ1n) is 6.69. The molecule has 1 atom stereocenters. The van der Waals surface area contributed by atoms with Crippen LogP contribution >= 0.6 is 0 Å². The molecule has 0 heterocycles. The van der Waals surface area contributed by atoms with Gasteiger partial charge in [0.2, 0.25) is 0 Å². The van der Waals surface area contributed by atoms with Crippen LogP contribution in [0, 0.1) is 5.92 Å². The van der Waals surface area contributed by atoms with E-state index in [-0.39, 0.29) is 0 Å². The summed E-state index contributed by atoms with van der Waals surface area (Å²) >= 11 is 0. The van der Waals surface area contributed by atoms with Gasteiger partial charge in [-0.2, -0.15) is 0 Å². The Hall–Kier alpha value is -1.28. The van der Waals surface area contributed by atoms with E-state index in [1.807, 2.05) is 18.2 Å². The standard InChI is InChI=1S/C16H25NO/c1-5-14(4)17-12-15-6-8-16(9-7-15)18-11-10-13(2)3/h5-9,13-14,17H,1,10-12H2,2-4H3. The molecular formula is C16H25NO. The van der Waals surface area contributed by atoms with E-state index in [9.17, 15) is 0 Å². The predicted molar refractivity (Wildman–Crippen MR) is 77.9 cm³/mol. The highest BCUT2D eigenvalue weighted by Crippen LogP contribution is 2.13. The van der Waals surface area contributed by atoms with Crippen molar-refractivity contribution in [2.75, 3.05) is 6.61 Å². The molecular weight excluding hydrogens is 222 g/mol. The SMILES string of the molecule is C=CC(C)NCc1ccc(OCCC(C)C)cc1. The van der Waals surface area contributed by atoms with Gasteiger partial charge in [0.25, 0.3) is 0 Å². The Morgan fingerprint density at radius 2 is 1.89 bits per heavy atom. The number of hydrogen-bond donors (Lipinski definition) is 1. The summed E-state index contributed by atoms with van der Waals surface area (Å²) in [6, 6.07) is 8.62. The lowest BCUT2D eigenvalue weighted by Gasteiger charge is -2.11. The van der Waals surface area contributed by atoms with Gasteiger partial charge in [-0.25, -0.2) is 0 Å². The summed E-state index contributed by atoms with van der Waals surface area (Å²) in [5.74, 6) is 1.64. The van der Waals surface area contributed by atoms with E-state index in [0.717, 1.165) is 25.3 Å². The molecule has 0 amide bonds. The van der Waals surface area contributed by atoms with E-state index in [0.29, 0.717) is 12.0 Å². The maximum atomic E-state index is 5.68. The third-order valence-electron chi connectivity index (χ3n) is 2.87. The van der Waals surface area contributed by atoms with Gasteiger partial charge in [0.05, 0.1) is 6.61 Å². The van der Waals surface area contributed by atoms with Crippen LogP contribution in [0.25, 0.3) is 0 Å². The Bertz CT molecular complexity index is 343. The maximum absolute atomic E-state index is 5.68. The topological polar surface area (TPSA) is 21.3 Å². The quantitative estimate of drug-likeness (QED) is 0.706. The number of hydrogen-bond acceptors (Lipinski definition) is 2. The summed E-state index contributed by atoms with van der Waals surface area (Å²) in [5.41, 5.74) is 1.26. The van der Waals surface area contributed by atoms with Crippen LogP contribution in [0.3, 0.4) is 0 Å². The molecule has 0 saturated heterocycles. The summed E-state index contributed by atoms with van der Waals surface area (Å²) in [5, 5.41) is 3.37. The van der Waals surface area contributed by atoms with Crippen molar-refractivity contribution in [3.8, 4) is 5.75 Å². The maximum Gasteiger partial charge on any atom is 0.119 e. The lowest BCUT2D eigenvalue weighted by atomic mass is 10.1. The molecule has 1 aromatic carbocycles. The van der Waals surface area contributed by atoms with E-state index in [4.69, 9.17) is 4.74 Å². The van der Waals surface area contributed by atoms with Crippen LogP contribution in [0.1, 0.15) is 32.8 Å². The number of ether oxygens (including phenoxy) is 1. The molecule has 0 saturated carbocycles. The Labute approximate surface area is 111 Å². The Morgan fingerprint density at radius 3 is 2.44 bits per heavy atom. The lowest BCUT2D eigenvalue weighted by Crippen LogP contribution is -2.22. The number of benzene rings is 1. The summed E-state index contributed by atoms with van der Waals surface area (Å²) in [4.78, 5) is 0. The molecule has 100 valence electrons. The van der Waals surface area contributed by atoms with E-state index < -0.39 is 0 Å². The van der Waals surface area contributed by atoms with E-state index in [1.165, 1.54) is 5.56 Å². The van der Waals surface area contributed by atoms with Crippen LogP contribution in [0.15, 0.2) is 36.9 Å². The van der Waals surface area contributed by atoms with Crippen molar-refractivity contribution in [2.24, 2.45) is 5.92 Å². The smallest absolute Gasteiger partial charge is 0.119 e. The van der Waals surface area contributed by atoms with Crippen LogP contribution in [0.5, 0.6) is 5.75 Å². The average Bonchev–Trinajstić information content (AvgIpc) is 2.37. The van der Waals surface area contributed by atoms with Gasteiger partial charge in [-0.1, -0.05) is 32.1 Å². The zero-order chi connectivity index (χ0) is 13.4. The fourth-order valence-corrected chi connectivity index (χ4v) is 1.48. The number of nitrogens with one attached hydrogen (secondary N) is 1. The van der Waals surface area contributed by atoms with Gasteiger partial charge in [-0.15, -0.1) is 6.58 Å².